The summed E-state index contributed by atoms with van der Waals surface area (Å²) >= 11 is 0. The van der Waals surface area contributed by atoms with Crippen LogP contribution in [0.3, 0.4) is 0 Å². The van der Waals surface area contributed by atoms with Crippen LogP contribution in [0.5, 0.6) is 5.75 Å². The quantitative estimate of drug-likeness (QED) is 0.573. The van der Waals surface area contributed by atoms with Crippen molar-refractivity contribution in [3.05, 3.63) is 78.1 Å². The molecule has 0 aliphatic carbocycles. The van der Waals surface area contributed by atoms with Crippen LogP contribution in [0.15, 0.2) is 71.6 Å². The van der Waals surface area contributed by atoms with Crippen molar-refractivity contribution < 1.29 is 17.5 Å². The van der Waals surface area contributed by atoms with Crippen LogP contribution in [0.1, 0.15) is 12.5 Å². The third-order valence-electron chi connectivity index (χ3n) is 5.39. The van der Waals surface area contributed by atoms with Crippen molar-refractivity contribution in [3.8, 4) is 16.9 Å². The van der Waals surface area contributed by atoms with Gasteiger partial charge in [0.05, 0.1) is 18.0 Å². The van der Waals surface area contributed by atoms with Gasteiger partial charge in [0.1, 0.15) is 17.7 Å². The maximum atomic E-state index is 14.4. The van der Waals surface area contributed by atoms with Crippen molar-refractivity contribution in [1.29, 1.82) is 0 Å². The summed E-state index contributed by atoms with van der Waals surface area (Å²) < 4.78 is 43.5. The Morgan fingerprint density at radius 3 is 2.23 bits per heavy atom. The average molecular weight is 426 g/mol. The first-order valence-corrected chi connectivity index (χ1v) is 11.8. The fourth-order valence-corrected chi connectivity index (χ4v) is 4.16. The van der Waals surface area contributed by atoms with Crippen LogP contribution in [-0.4, -0.2) is 33.9 Å². The number of anilines is 1. The number of hydrogen-bond acceptors (Lipinski definition) is 4. The van der Waals surface area contributed by atoms with Crippen molar-refractivity contribution in [3.63, 3.8) is 0 Å². The van der Waals surface area contributed by atoms with Gasteiger partial charge in [-0.1, -0.05) is 37.3 Å². The van der Waals surface area contributed by atoms with Gasteiger partial charge in [-0.15, -0.1) is 0 Å². The highest BCUT2D eigenvalue weighted by atomic mass is 32.2. The molecule has 3 aromatic rings. The molecule has 156 valence electrons. The van der Waals surface area contributed by atoms with E-state index in [9.17, 15) is 12.8 Å². The Morgan fingerprint density at radius 2 is 1.67 bits per heavy atom. The molecule has 1 fully saturated rings. The standard InChI is InChI=1S/C24H24FNO3S/c1-3-17-4-8-19(9-5-17)26-15-21(16-26)29-20-10-6-18(7-11-20)23-13-12-22(14-24(23)25)30(2,27)28/h4-14,21H,3,15-16H2,1-2H3. The van der Waals surface area contributed by atoms with E-state index in [-0.39, 0.29) is 11.0 Å². The Morgan fingerprint density at radius 1 is 1.00 bits per heavy atom. The zero-order chi connectivity index (χ0) is 21.3. The van der Waals surface area contributed by atoms with Gasteiger partial charge in [0.15, 0.2) is 9.84 Å². The molecule has 30 heavy (non-hydrogen) atoms. The lowest BCUT2D eigenvalue weighted by atomic mass is 10.0. The van der Waals surface area contributed by atoms with Gasteiger partial charge in [-0.05, 0) is 53.9 Å². The molecule has 1 saturated heterocycles. The highest BCUT2D eigenvalue weighted by Gasteiger charge is 2.28. The first-order chi connectivity index (χ1) is 14.3. The molecule has 1 heterocycles. The summed E-state index contributed by atoms with van der Waals surface area (Å²) in [5.74, 6) is 0.174. The molecule has 0 atom stereocenters. The summed E-state index contributed by atoms with van der Waals surface area (Å²) in [6.45, 7) is 3.80. The predicted octanol–water partition coefficient (Wildman–Crippen LogP) is 4.73. The highest BCUT2D eigenvalue weighted by molar-refractivity contribution is 7.90. The van der Waals surface area contributed by atoms with Crippen LogP contribution < -0.4 is 9.64 Å². The first-order valence-electron chi connectivity index (χ1n) is 9.94. The van der Waals surface area contributed by atoms with Gasteiger partial charge in [0.25, 0.3) is 0 Å². The summed E-state index contributed by atoms with van der Waals surface area (Å²) in [6.07, 6.45) is 2.22. The number of ether oxygens (including phenoxy) is 1. The molecule has 0 radical (unpaired) electrons. The van der Waals surface area contributed by atoms with Gasteiger partial charge in [0, 0.05) is 17.5 Å². The van der Waals surface area contributed by atoms with E-state index in [2.05, 4.69) is 36.1 Å². The van der Waals surface area contributed by atoms with Crippen LogP contribution in [0, 0.1) is 5.82 Å². The smallest absolute Gasteiger partial charge is 0.175 e. The summed E-state index contributed by atoms with van der Waals surface area (Å²) in [4.78, 5) is 2.25. The molecule has 4 rings (SSSR count). The number of hydrogen-bond donors (Lipinski definition) is 0. The molecule has 1 aliphatic rings. The monoisotopic (exact) mass is 425 g/mol. The molecular weight excluding hydrogens is 401 g/mol. The van der Waals surface area contributed by atoms with Gasteiger partial charge >= 0.3 is 0 Å². The Hall–Kier alpha value is -2.86. The zero-order valence-electron chi connectivity index (χ0n) is 17.0. The minimum atomic E-state index is -3.43. The minimum absolute atomic E-state index is 0.0254. The van der Waals surface area contributed by atoms with Crippen molar-refractivity contribution in [2.45, 2.75) is 24.3 Å². The molecule has 0 spiro atoms. The number of rotatable bonds is 6. The number of nitrogens with zero attached hydrogens (tertiary/aromatic N) is 1. The molecule has 1 aliphatic heterocycles. The summed E-state index contributed by atoms with van der Waals surface area (Å²) in [6, 6.07) is 19.8. The van der Waals surface area contributed by atoms with E-state index in [0.717, 1.165) is 37.6 Å². The average Bonchev–Trinajstić information content (AvgIpc) is 2.70. The minimum Gasteiger partial charge on any atom is -0.487 e. The largest absolute Gasteiger partial charge is 0.487 e. The second-order valence-corrected chi connectivity index (χ2v) is 9.62. The van der Waals surface area contributed by atoms with Crippen LogP contribution in [0.25, 0.3) is 11.1 Å². The summed E-state index contributed by atoms with van der Waals surface area (Å²) in [5, 5.41) is 0. The second-order valence-electron chi connectivity index (χ2n) is 7.60. The maximum Gasteiger partial charge on any atom is 0.175 e. The molecule has 0 bridgehead atoms. The second kappa shape index (κ2) is 8.11. The summed E-state index contributed by atoms with van der Waals surface area (Å²) in [7, 11) is -3.43. The van der Waals surface area contributed by atoms with Gasteiger partial charge in [-0.25, -0.2) is 12.8 Å². The van der Waals surface area contributed by atoms with Crippen LogP contribution in [-0.2, 0) is 16.3 Å². The van der Waals surface area contributed by atoms with E-state index >= 15 is 0 Å². The third-order valence-corrected chi connectivity index (χ3v) is 6.50. The molecule has 0 amide bonds. The van der Waals surface area contributed by atoms with E-state index < -0.39 is 15.7 Å². The lowest BCUT2D eigenvalue weighted by Crippen LogP contribution is -2.54. The first kappa shape index (κ1) is 20.4. The SMILES string of the molecule is CCc1ccc(N2CC(Oc3ccc(-c4ccc(S(C)(=O)=O)cc4F)cc3)C2)cc1. The molecule has 0 saturated carbocycles. The van der Waals surface area contributed by atoms with Crippen LogP contribution in [0.4, 0.5) is 10.1 Å². The lowest BCUT2D eigenvalue weighted by molar-refractivity contribution is 0.167. The van der Waals surface area contributed by atoms with Crippen molar-refractivity contribution in [1.82, 2.24) is 0 Å². The lowest BCUT2D eigenvalue weighted by Gasteiger charge is -2.40. The third kappa shape index (κ3) is 4.33. The number of sulfone groups is 1. The van der Waals surface area contributed by atoms with Crippen molar-refractivity contribution in [2.75, 3.05) is 24.2 Å². The fourth-order valence-electron chi connectivity index (χ4n) is 3.53. The molecule has 4 nitrogen and oxygen atoms in total. The zero-order valence-corrected chi connectivity index (χ0v) is 17.8. The topological polar surface area (TPSA) is 46.6 Å². The Balaban J connectivity index is 1.38. The molecule has 0 N–H and O–H groups in total. The van der Waals surface area contributed by atoms with E-state index in [1.165, 1.54) is 23.4 Å². The molecule has 0 unspecified atom stereocenters. The van der Waals surface area contributed by atoms with Crippen molar-refractivity contribution >= 4 is 15.5 Å². The van der Waals surface area contributed by atoms with E-state index in [1.807, 2.05) is 12.1 Å². The maximum absolute atomic E-state index is 14.4. The van der Waals surface area contributed by atoms with Crippen LogP contribution >= 0.6 is 0 Å². The normalized spacial score (nSPS) is 14.4. The number of halogens is 1. The molecule has 3 aromatic carbocycles. The van der Waals surface area contributed by atoms with Gasteiger partial charge < -0.3 is 9.64 Å². The Labute approximate surface area is 176 Å². The van der Waals surface area contributed by atoms with Gasteiger partial charge in [0.2, 0.25) is 0 Å². The van der Waals surface area contributed by atoms with E-state index in [1.54, 1.807) is 12.1 Å². The van der Waals surface area contributed by atoms with Gasteiger partial charge in [-0.3, -0.25) is 0 Å². The molecule has 0 aromatic heterocycles. The van der Waals surface area contributed by atoms with E-state index in [4.69, 9.17) is 4.74 Å². The fraction of sp³-hybridized carbons (Fsp3) is 0.250. The summed E-state index contributed by atoms with van der Waals surface area (Å²) in [5.41, 5.74) is 3.57. The van der Waals surface area contributed by atoms with Crippen molar-refractivity contribution in [2.24, 2.45) is 0 Å². The van der Waals surface area contributed by atoms with E-state index in [0.29, 0.717) is 11.1 Å². The molecule has 6 heteroatoms. The molecular formula is C24H24FNO3S. The number of benzene rings is 3. The Bertz CT molecular complexity index is 1140. The Kier molecular flexibility index (Phi) is 5.52. The van der Waals surface area contributed by atoms with Gasteiger partial charge in [-0.2, -0.15) is 0 Å². The van der Waals surface area contributed by atoms with Crippen LogP contribution in [0.2, 0.25) is 0 Å². The highest BCUT2D eigenvalue weighted by Crippen LogP contribution is 2.29. The predicted molar refractivity (Wildman–Crippen MR) is 117 cm³/mol. The number of aryl methyl sites for hydroxylation is 1.